The maximum atomic E-state index is 12.2. The number of amides is 1. The molecule has 3 rings (SSSR count). The van der Waals surface area contributed by atoms with Crippen molar-refractivity contribution in [3.8, 4) is 0 Å². The fourth-order valence-corrected chi connectivity index (χ4v) is 2.35. The number of aryl methyl sites for hydroxylation is 1. The highest BCUT2D eigenvalue weighted by Crippen LogP contribution is 2.19. The molecule has 0 aliphatic carbocycles. The number of rotatable bonds is 7. The Balaban J connectivity index is 1.49. The molecule has 0 unspecified atom stereocenters. The van der Waals surface area contributed by atoms with E-state index in [1.165, 1.54) is 6.20 Å². The molecular weight excluding hydrogens is 354 g/mol. The summed E-state index contributed by atoms with van der Waals surface area (Å²) in [6.07, 6.45) is 7.64. The number of nitrogens with zero attached hydrogens (tertiary/aromatic N) is 4. The second-order valence-corrected chi connectivity index (χ2v) is 5.95. The smallest absolute Gasteiger partial charge is 0.251 e. The van der Waals surface area contributed by atoms with Crippen LogP contribution >= 0.6 is 11.6 Å². The first-order chi connectivity index (χ1) is 12.6. The minimum absolute atomic E-state index is 0.117. The average Bonchev–Trinajstić information content (AvgIpc) is 3.16. The Morgan fingerprint density at radius 2 is 2.08 bits per heavy atom. The minimum Gasteiger partial charge on any atom is -0.382 e. The molecule has 1 aromatic carbocycles. The summed E-state index contributed by atoms with van der Waals surface area (Å²) in [6.45, 7) is 1.41. The van der Waals surface area contributed by atoms with Gasteiger partial charge in [0.1, 0.15) is 10.8 Å². The third kappa shape index (κ3) is 4.70. The van der Waals surface area contributed by atoms with E-state index in [-0.39, 0.29) is 11.7 Å². The number of nitrogens with one attached hydrogen (secondary N) is 2. The van der Waals surface area contributed by atoms with E-state index in [9.17, 15) is 4.79 Å². The zero-order chi connectivity index (χ0) is 18.4. The van der Waals surface area contributed by atoms with Crippen LogP contribution in [-0.4, -0.2) is 32.0 Å². The van der Waals surface area contributed by atoms with E-state index in [1.54, 1.807) is 36.8 Å². The predicted molar refractivity (Wildman–Crippen MR) is 100 cm³/mol. The SMILES string of the molecule is Nc1nc(Nc2ccc(C(=O)NCCCn3ccnc3)cc2)ncc1Cl. The number of anilines is 3. The van der Waals surface area contributed by atoms with Crippen molar-refractivity contribution in [3.63, 3.8) is 0 Å². The first kappa shape index (κ1) is 17.7. The molecule has 0 saturated carbocycles. The second-order valence-electron chi connectivity index (χ2n) is 5.54. The molecule has 3 aromatic rings. The molecule has 9 heteroatoms. The lowest BCUT2D eigenvalue weighted by Crippen LogP contribution is -2.25. The standard InChI is InChI=1S/C17H18ClN7O/c18-14-10-22-17(24-15(14)19)23-13-4-2-12(3-5-13)16(26)21-6-1-8-25-9-7-20-11-25/h2-5,7,9-11H,1,6,8H2,(H,21,26)(H3,19,22,23,24). The lowest BCUT2D eigenvalue weighted by molar-refractivity contribution is 0.0953. The largest absolute Gasteiger partial charge is 0.382 e. The van der Waals surface area contributed by atoms with Gasteiger partial charge in [-0.15, -0.1) is 0 Å². The molecule has 2 aromatic heterocycles. The van der Waals surface area contributed by atoms with Gasteiger partial charge in [-0.1, -0.05) is 11.6 Å². The van der Waals surface area contributed by atoms with Crippen molar-refractivity contribution in [1.82, 2.24) is 24.8 Å². The van der Waals surface area contributed by atoms with Gasteiger partial charge in [-0.3, -0.25) is 4.79 Å². The van der Waals surface area contributed by atoms with Crippen LogP contribution in [0.2, 0.25) is 5.02 Å². The van der Waals surface area contributed by atoms with Crippen LogP contribution in [0.1, 0.15) is 16.8 Å². The van der Waals surface area contributed by atoms with Crippen molar-refractivity contribution in [2.75, 3.05) is 17.6 Å². The number of aromatic nitrogens is 4. The first-order valence-corrected chi connectivity index (χ1v) is 8.38. The number of halogens is 1. The van der Waals surface area contributed by atoms with Crippen LogP contribution in [0.3, 0.4) is 0 Å². The van der Waals surface area contributed by atoms with Crippen molar-refractivity contribution in [2.45, 2.75) is 13.0 Å². The number of nitrogen functional groups attached to an aromatic ring is 1. The fraction of sp³-hybridized carbons (Fsp3) is 0.176. The van der Waals surface area contributed by atoms with E-state index in [1.807, 2.05) is 10.8 Å². The van der Waals surface area contributed by atoms with E-state index >= 15 is 0 Å². The molecule has 0 bridgehead atoms. The third-order valence-corrected chi connectivity index (χ3v) is 3.90. The number of hydrogen-bond acceptors (Lipinski definition) is 6. The summed E-state index contributed by atoms with van der Waals surface area (Å²) in [7, 11) is 0. The van der Waals surface area contributed by atoms with Crippen LogP contribution in [0.4, 0.5) is 17.5 Å². The van der Waals surface area contributed by atoms with Crippen LogP contribution in [0, 0.1) is 0 Å². The Hall–Kier alpha value is -3.13. The lowest BCUT2D eigenvalue weighted by atomic mass is 10.2. The molecule has 0 radical (unpaired) electrons. The molecular formula is C17H18ClN7O. The predicted octanol–water partition coefficient (Wildman–Crippen LogP) is 2.47. The Morgan fingerprint density at radius 1 is 1.27 bits per heavy atom. The number of imidazole rings is 1. The fourth-order valence-electron chi connectivity index (χ4n) is 2.26. The molecule has 1 amide bonds. The molecule has 0 atom stereocenters. The molecule has 2 heterocycles. The number of carbonyl (C=O) groups excluding carboxylic acids is 1. The van der Waals surface area contributed by atoms with Gasteiger partial charge in [0.2, 0.25) is 5.95 Å². The maximum Gasteiger partial charge on any atom is 0.251 e. The van der Waals surface area contributed by atoms with E-state index in [4.69, 9.17) is 17.3 Å². The molecule has 134 valence electrons. The molecule has 0 aliphatic heterocycles. The summed E-state index contributed by atoms with van der Waals surface area (Å²) in [6, 6.07) is 7.00. The Kier molecular flexibility index (Phi) is 5.65. The van der Waals surface area contributed by atoms with Crippen molar-refractivity contribution in [3.05, 3.63) is 59.8 Å². The zero-order valence-corrected chi connectivity index (χ0v) is 14.6. The van der Waals surface area contributed by atoms with Gasteiger partial charge in [0.05, 0.1) is 12.5 Å². The van der Waals surface area contributed by atoms with Crippen molar-refractivity contribution in [1.29, 1.82) is 0 Å². The average molecular weight is 372 g/mol. The lowest BCUT2D eigenvalue weighted by Gasteiger charge is -2.08. The summed E-state index contributed by atoms with van der Waals surface area (Å²) in [5.41, 5.74) is 6.96. The summed E-state index contributed by atoms with van der Waals surface area (Å²) in [5.74, 6) is 0.425. The normalized spacial score (nSPS) is 10.5. The molecule has 4 N–H and O–H groups in total. The molecule has 0 spiro atoms. The molecule has 0 fully saturated rings. The summed E-state index contributed by atoms with van der Waals surface area (Å²) >= 11 is 5.79. The highest BCUT2D eigenvalue weighted by Gasteiger charge is 2.06. The quantitative estimate of drug-likeness (QED) is 0.550. The molecule has 8 nitrogen and oxygen atoms in total. The molecule has 0 aliphatic rings. The monoisotopic (exact) mass is 371 g/mol. The Labute approximate surface area is 155 Å². The third-order valence-electron chi connectivity index (χ3n) is 3.61. The highest BCUT2D eigenvalue weighted by molar-refractivity contribution is 6.32. The molecule has 26 heavy (non-hydrogen) atoms. The summed E-state index contributed by atoms with van der Waals surface area (Å²) < 4.78 is 1.97. The number of carbonyl (C=O) groups is 1. The Morgan fingerprint density at radius 3 is 2.77 bits per heavy atom. The van der Waals surface area contributed by atoms with Gasteiger partial charge in [-0.2, -0.15) is 4.98 Å². The topological polar surface area (TPSA) is 111 Å². The van der Waals surface area contributed by atoms with E-state index < -0.39 is 0 Å². The van der Waals surface area contributed by atoms with Crippen molar-refractivity contribution in [2.24, 2.45) is 0 Å². The van der Waals surface area contributed by atoms with E-state index in [2.05, 4.69) is 25.6 Å². The van der Waals surface area contributed by atoms with E-state index in [0.29, 0.717) is 23.1 Å². The van der Waals surface area contributed by atoms with Gasteiger partial charge >= 0.3 is 0 Å². The van der Waals surface area contributed by atoms with Crippen LogP contribution < -0.4 is 16.4 Å². The number of nitrogens with two attached hydrogens (primary N) is 1. The van der Waals surface area contributed by atoms with Crippen LogP contribution in [0.15, 0.2) is 49.2 Å². The summed E-state index contributed by atoms with van der Waals surface area (Å²) in [4.78, 5) is 24.2. The van der Waals surface area contributed by atoms with E-state index in [0.717, 1.165) is 18.7 Å². The van der Waals surface area contributed by atoms with Gasteiger partial charge in [0, 0.05) is 36.7 Å². The van der Waals surface area contributed by atoms with Gasteiger partial charge in [0.25, 0.3) is 5.91 Å². The number of hydrogen-bond donors (Lipinski definition) is 3. The van der Waals surface area contributed by atoms with Gasteiger partial charge < -0.3 is 20.9 Å². The van der Waals surface area contributed by atoms with Gasteiger partial charge in [-0.05, 0) is 30.7 Å². The van der Waals surface area contributed by atoms with Crippen molar-refractivity contribution >= 4 is 35.0 Å². The summed E-state index contributed by atoms with van der Waals surface area (Å²) in [5, 5.41) is 6.20. The van der Waals surface area contributed by atoms with Crippen LogP contribution in [0.25, 0.3) is 0 Å². The first-order valence-electron chi connectivity index (χ1n) is 8.01. The van der Waals surface area contributed by atoms with Gasteiger partial charge in [0.15, 0.2) is 0 Å². The molecule has 0 saturated heterocycles. The second kappa shape index (κ2) is 8.30. The maximum absolute atomic E-state index is 12.2. The van der Waals surface area contributed by atoms with Crippen molar-refractivity contribution < 1.29 is 4.79 Å². The van der Waals surface area contributed by atoms with Crippen LogP contribution in [0.5, 0.6) is 0 Å². The minimum atomic E-state index is -0.117. The Bertz CT molecular complexity index is 865. The van der Waals surface area contributed by atoms with Gasteiger partial charge in [-0.25, -0.2) is 9.97 Å². The zero-order valence-electron chi connectivity index (χ0n) is 13.9. The van der Waals surface area contributed by atoms with Crippen LogP contribution in [-0.2, 0) is 6.54 Å². The highest BCUT2D eigenvalue weighted by atomic mass is 35.5. The number of benzene rings is 1.